The van der Waals surface area contributed by atoms with Gasteiger partial charge in [0, 0.05) is 30.6 Å². The summed E-state index contributed by atoms with van der Waals surface area (Å²) < 4.78 is 55.1. The number of nitrogens with zero attached hydrogens (tertiary/aromatic N) is 1. The van der Waals surface area contributed by atoms with Gasteiger partial charge in [-0.2, -0.15) is 4.31 Å². The Kier molecular flexibility index (Phi) is 5.82. The van der Waals surface area contributed by atoms with Gasteiger partial charge in [0.15, 0.2) is 0 Å². The van der Waals surface area contributed by atoms with Crippen LogP contribution in [0.3, 0.4) is 0 Å². The van der Waals surface area contributed by atoms with Crippen LogP contribution in [0.1, 0.15) is 64.2 Å². The highest BCUT2D eigenvalue weighted by molar-refractivity contribution is 7.89. The Hall–Kier alpha value is -1.49. The summed E-state index contributed by atoms with van der Waals surface area (Å²) in [7, 11) is -7.34. The minimum atomic E-state index is -3.72. The number of nitrogens with one attached hydrogen (secondary N) is 2. The van der Waals surface area contributed by atoms with E-state index >= 15 is 0 Å². The first kappa shape index (κ1) is 23.9. The lowest BCUT2D eigenvalue weighted by atomic mass is 9.49. The molecule has 10 heteroatoms. The van der Waals surface area contributed by atoms with Crippen molar-refractivity contribution in [1.29, 1.82) is 0 Å². The summed E-state index contributed by atoms with van der Waals surface area (Å²) >= 11 is 0. The second kappa shape index (κ2) is 8.53. The van der Waals surface area contributed by atoms with Gasteiger partial charge in [-0.15, -0.1) is 0 Å². The number of hydrogen-bond acceptors (Lipinski definition) is 5. The third-order valence-electron chi connectivity index (χ3n) is 8.98. The van der Waals surface area contributed by atoms with Crippen LogP contribution >= 0.6 is 0 Å². The molecule has 4 bridgehead atoms. The van der Waals surface area contributed by atoms with E-state index in [0.29, 0.717) is 43.7 Å². The zero-order chi connectivity index (χ0) is 24.4. The topological polar surface area (TPSA) is 113 Å². The fraction of sp³-hybridized carbons (Fsp3) is 0.720. The Morgan fingerprint density at radius 1 is 0.771 bits per heavy atom. The lowest BCUT2D eigenvalue weighted by Crippen LogP contribution is -2.56. The summed E-state index contributed by atoms with van der Waals surface area (Å²) in [5.74, 6) is 2.34. The molecule has 1 amide bonds. The molecule has 1 saturated heterocycles. The second-order valence-corrected chi connectivity index (χ2v) is 15.4. The molecule has 5 aliphatic carbocycles. The maximum atomic E-state index is 13.4. The number of sulfonamides is 2. The van der Waals surface area contributed by atoms with E-state index in [0.717, 1.165) is 32.1 Å². The first-order chi connectivity index (χ1) is 16.6. The van der Waals surface area contributed by atoms with Gasteiger partial charge in [0.2, 0.25) is 26.0 Å². The number of hydrogen-bond donors (Lipinski definition) is 2. The molecule has 35 heavy (non-hydrogen) atoms. The summed E-state index contributed by atoms with van der Waals surface area (Å²) in [6, 6.07) is 5.46. The van der Waals surface area contributed by atoms with E-state index in [9.17, 15) is 21.6 Å². The van der Waals surface area contributed by atoms with Crippen molar-refractivity contribution in [3.63, 3.8) is 0 Å². The Bertz CT molecular complexity index is 1160. The highest BCUT2D eigenvalue weighted by Crippen LogP contribution is 2.60. The molecule has 1 aromatic rings. The van der Waals surface area contributed by atoms with Crippen molar-refractivity contribution in [2.75, 3.05) is 13.1 Å². The molecule has 0 spiro atoms. The molecule has 0 radical (unpaired) electrons. The van der Waals surface area contributed by atoms with E-state index < -0.39 is 20.0 Å². The average molecular weight is 522 g/mol. The molecule has 0 aromatic heterocycles. The summed E-state index contributed by atoms with van der Waals surface area (Å²) in [6.45, 7) is 0.689. The van der Waals surface area contributed by atoms with E-state index in [1.165, 1.54) is 47.8 Å². The first-order valence-corrected chi connectivity index (χ1v) is 16.0. The lowest BCUT2D eigenvalue weighted by molar-refractivity contribution is -0.147. The van der Waals surface area contributed by atoms with E-state index in [1.807, 2.05) is 0 Å². The quantitative estimate of drug-likeness (QED) is 0.573. The van der Waals surface area contributed by atoms with E-state index in [2.05, 4.69) is 10.0 Å². The normalized spacial score (nSPS) is 33.7. The smallest absolute Gasteiger partial charge is 0.243 e. The van der Waals surface area contributed by atoms with Gasteiger partial charge < -0.3 is 5.32 Å². The van der Waals surface area contributed by atoms with Crippen LogP contribution in [0.4, 0.5) is 0 Å². The predicted molar refractivity (Wildman–Crippen MR) is 130 cm³/mol. The molecule has 6 fully saturated rings. The van der Waals surface area contributed by atoms with E-state index in [-0.39, 0.29) is 33.2 Å². The molecule has 7 rings (SSSR count). The molecule has 192 valence electrons. The molecule has 1 aromatic carbocycles. The van der Waals surface area contributed by atoms with Gasteiger partial charge in [-0.25, -0.2) is 21.6 Å². The van der Waals surface area contributed by atoms with Gasteiger partial charge in [0.05, 0.1) is 9.79 Å². The Morgan fingerprint density at radius 2 is 1.29 bits per heavy atom. The zero-order valence-corrected chi connectivity index (χ0v) is 21.6. The number of amides is 1. The van der Waals surface area contributed by atoms with Crippen molar-refractivity contribution < 1.29 is 21.6 Å². The van der Waals surface area contributed by atoms with Crippen LogP contribution in [0.15, 0.2) is 34.1 Å². The van der Waals surface area contributed by atoms with Crippen LogP contribution < -0.4 is 10.0 Å². The fourth-order valence-electron chi connectivity index (χ4n) is 7.40. The van der Waals surface area contributed by atoms with Crippen molar-refractivity contribution in [2.45, 2.75) is 86.1 Å². The molecule has 2 N–H and O–H groups in total. The Labute approximate surface area is 208 Å². The average Bonchev–Trinajstić information content (AvgIpc) is 3.62. The highest BCUT2D eigenvalue weighted by Gasteiger charge is 2.54. The van der Waals surface area contributed by atoms with Gasteiger partial charge in [0.25, 0.3) is 0 Å². The van der Waals surface area contributed by atoms with Gasteiger partial charge in [-0.05, 0) is 106 Å². The van der Waals surface area contributed by atoms with Gasteiger partial charge in [0.1, 0.15) is 0 Å². The van der Waals surface area contributed by atoms with Crippen molar-refractivity contribution in [1.82, 2.24) is 14.3 Å². The first-order valence-electron chi connectivity index (χ1n) is 13.1. The van der Waals surface area contributed by atoms with Gasteiger partial charge in [-0.1, -0.05) is 0 Å². The molecule has 5 saturated carbocycles. The van der Waals surface area contributed by atoms with Crippen LogP contribution in [0.2, 0.25) is 0 Å². The molecule has 1 heterocycles. The summed E-state index contributed by atoms with van der Waals surface area (Å²) in [5.41, 5.74) is -0.186. The van der Waals surface area contributed by atoms with Crippen molar-refractivity contribution >= 4 is 26.0 Å². The zero-order valence-electron chi connectivity index (χ0n) is 20.0. The monoisotopic (exact) mass is 521 g/mol. The van der Waals surface area contributed by atoms with Crippen molar-refractivity contribution in [3.8, 4) is 0 Å². The molecule has 0 atom stereocenters. The third-order valence-corrected chi connectivity index (χ3v) is 12.4. The lowest BCUT2D eigenvalue weighted by Gasteiger charge is -2.56. The maximum Gasteiger partial charge on any atom is 0.243 e. The van der Waals surface area contributed by atoms with Gasteiger partial charge >= 0.3 is 0 Å². The minimum absolute atomic E-state index is 0.00275. The van der Waals surface area contributed by atoms with Crippen LogP contribution in [0.5, 0.6) is 0 Å². The molecule has 6 aliphatic rings. The van der Waals surface area contributed by atoms with Crippen molar-refractivity contribution in [3.05, 3.63) is 24.3 Å². The molecule has 1 aliphatic heterocycles. The van der Waals surface area contributed by atoms with Crippen molar-refractivity contribution in [2.24, 2.45) is 23.2 Å². The number of carbonyl (C=O) groups is 1. The molecular formula is C25H35N3O5S2. The Morgan fingerprint density at radius 3 is 1.80 bits per heavy atom. The standard InChI is InChI=1S/C25H35N3O5S2/c29-24(25-14-17-11-18(15-25)13-19(12-17)16-25)26-20-7-9-28(10-8-20)35(32,33)23-5-3-22(4-6-23)34(30,31)27-21-1-2-21/h3-6,17-21,27H,1-2,7-16H2,(H,26,29). The third kappa shape index (κ3) is 4.55. The van der Waals surface area contributed by atoms with Crippen LogP contribution in [-0.2, 0) is 24.8 Å². The summed E-state index contributed by atoms with van der Waals surface area (Å²) in [6.07, 6.45) is 9.84. The summed E-state index contributed by atoms with van der Waals surface area (Å²) in [4.78, 5) is 13.5. The van der Waals surface area contributed by atoms with E-state index in [4.69, 9.17) is 0 Å². The van der Waals surface area contributed by atoms with E-state index in [1.54, 1.807) is 0 Å². The minimum Gasteiger partial charge on any atom is -0.353 e. The highest BCUT2D eigenvalue weighted by atomic mass is 32.2. The van der Waals surface area contributed by atoms with Gasteiger partial charge in [-0.3, -0.25) is 4.79 Å². The Balaban J connectivity index is 1.06. The fourth-order valence-corrected chi connectivity index (χ4v) is 10.2. The number of carbonyl (C=O) groups excluding carboxylic acids is 1. The van der Waals surface area contributed by atoms with Crippen LogP contribution in [0, 0.1) is 23.2 Å². The number of rotatable bonds is 7. The second-order valence-electron chi connectivity index (χ2n) is 11.7. The SMILES string of the molecule is O=C(NC1CCN(S(=O)(=O)c2ccc(S(=O)(=O)NC3CC3)cc2)CC1)C12CC3CC(CC(C3)C1)C2. The summed E-state index contributed by atoms with van der Waals surface area (Å²) in [5, 5.41) is 3.30. The maximum absolute atomic E-state index is 13.4. The largest absolute Gasteiger partial charge is 0.353 e. The molecular weight excluding hydrogens is 486 g/mol. The predicted octanol–water partition coefficient (Wildman–Crippen LogP) is 2.61. The van der Waals surface area contributed by atoms with Crippen LogP contribution in [0.25, 0.3) is 0 Å². The number of benzene rings is 1. The number of piperidine rings is 1. The van der Waals surface area contributed by atoms with Crippen LogP contribution in [-0.4, -0.2) is 52.2 Å². The molecule has 0 unspecified atom stereocenters. The molecule has 8 nitrogen and oxygen atoms in total.